The van der Waals surface area contributed by atoms with E-state index in [1.54, 1.807) is 0 Å². The van der Waals surface area contributed by atoms with Gasteiger partial charge in [-0.2, -0.15) is 0 Å². The zero-order chi connectivity index (χ0) is 14.7. The molecular formula is C12H11N3O4S. The van der Waals surface area contributed by atoms with Gasteiger partial charge in [0.25, 0.3) is 5.69 Å². The maximum atomic E-state index is 11.1. The molecule has 104 valence electrons. The molecule has 0 fully saturated rings. The lowest BCUT2D eigenvalue weighted by atomic mass is 10.1. The van der Waals surface area contributed by atoms with Gasteiger partial charge in [0.15, 0.2) is 0 Å². The van der Waals surface area contributed by atoms with Gasteiger partial charge in [0.1, 0.15) is 5.01 Å². The summed E-state index contributed by atoms with van der Waals surface area (Å²) in [6.45, 7) is 2.18. The number of thiazole rings is 1. The Labute approximate surface area is 118 Å². The first-order valence-electron chi connectivity index (χ1n) is 5.64. The number of carboxylic acids is 1. The van der Waals surface area contributed by atoms with Crippen molar-refractivity contribution in [1.82, 2.24) is 4.98 Å². The minimum atomic E-state index is -1.14. The number of nitrogens with one attached hydrogen (secondary N) is 1. The van der Waals surface area contributed by atoms with Gasteiger partial charge in [0.05, 0.1) is 22.7 Å². The van der Waals surface area contributed by atoms with Crippen LogP contribution in [-0.4, -0.2) is 21.0 Å². The number of aromatic carboxylic acids is 1. The van der Waals surface area contributed by atoms with E-state index >= 15 is 0 Å². The molecule has 7 nitrogen and oxygen atoms in total. The third-order valence-corrected chi connectivity index (χ3v) is 3.51. The highest BCUT2D eigenvalue weighted by Gasteiger charge is 2.15. The average molecular weight is 293 g/mol. The molecule has 2 aromatic rings. The molecule has 0 saturated carbocycles. The third-order valence-electron chi connectivity index (χ3n) is 2.54. The summed E-state index contributed by atoms with van der Waals surface area (Å²) in [7, 11) is 0. The molecule has 8 heteroatoms. The van der Waals surface area contributed by atoms with Crippen molar-refractivity contribution in [3.8, 4) is 0 Å². The van der Waals surface area contributed by atoms with Crippen molar-refractivity contribution < 1.29 is 14.8 Å². The molecular weight excluding hydrogens is 282 g/mol. The number of hydrogen-bond donors (Lipinski definition) is 2. The van der Waals surface area contributed by atoms with Crippen LogP contribution >= 0.6 is 11.3 Å². The number of anilines is 1. The summed E-state index contributed by atoms with van der Waals surface area (Å²) in [5.74, 6) is -1.14. The summed E-state index contributed by atoms with van der Waals surface area (Å²) < 4.78 is 0. The predicted octanol–water partition coefficient (Wildman–Crippen LogP) is 2.67. The van der Waals surface area contributed by atoms with Gasteiger partial charge < -0.3 is 10.4 Å². The van der Waals surface area contributed by atoms with E-state index < -0.39 is 10.9 Å². The first-order chi connectivity index (χ1) is 9.47. The Kier molecular flexibility index (Phi) is 3.94. The number of benzene rings is 1. The topological polar surface area (TPSA) is 105 Å². The fourth-order valence-corrected chi connectivity index (χ4v) is 2.34. The highest BCUT2D eigenvalue weighted by atomic mass is 32.1. The minimum Gasteiger partial charge on any atom is -0.478 e. The number of non-ortho nitro benzene ring substituents is 1. The molecule has 1 aromatic carbocycles. The molecule has 0 aliphatic rings. The predicted molar refractivity (Wildman–Crippen MR) is 74.2 cm³/mol. The zero-order valence-corrected chi connectivity index (χ0v) is 11.3. The maximum Gasteiger partial charge on any atom is 0.337 e. The lowest BCUT2D eigenvalue weighted by molar-refractivity contribution is -0.384. The SMILES string of the molecule is Cc1csc(CNc2cc([N+](=O)[O-])ccc2C(=O)O)n1. The van der Waals surface area contributed by atoms with Gasteiger partial charge in [-0.1, -0.05) is 0 Å². The lowest BCUT2D eigenvalue weighted by Crippen LogP contribution is -2.07. The average Bonchev–Trinajstić information content (AvgIpc) is 2.81. The van der Waals surface area contributed by atoms with Crippen molar-refractivity contribution in [2.75, 3.05) is 5.32 Å². The zero-order valence-electron chi connectivity index (χ0n) is 10.5. The molecule has 1 aromatic heterocycles. The summed E-state index contributed by atoms with van der Waals surface area (Å²) >= 11 is 1.44. The van der Waals surface area contributed by atoms with Crippen molar-refractivity contribution in [3.63, 3.8) is 0 Å². The molecule has 0 amide bonds. The van der Waals surface area contributed by atoms with E-state index in [-0.39, 0.29) is 16.9 Å². The lowest BCUT2D eigenvalue weighted by Gasteiger charge is -2.08. The summed E-state index contributed by atoms with van der Waals surface area (Å²) in [4.78, 5) is 25.5. The molecule has 0 unspecified atom stereocenters. The van der Waals surface area contributed by atoms with Crippen molar-refractivity contribution in [3.05, 3.63) is 50.0 Å². The molecule has 0 aliphatic carbocycles. The molecule has 0 radical (unpaired) electrons. The fourth-order valence-electron chi connectivity index (χ4n) is 1.63. The van der Waals surface area contributed by atoms with Crippen LogP contribution in [0, 0.1) is 17.0 Å². The largest absolute Gasteiger partial charge is 0.478 e. The van der Waals surface area contributed by atoms with Gasteiger partial charge in [0.2, 0.25) is 0 Å². The molecule has 1 heterocycles. The summed E-state index contributed by atoms with van der Waals surface area (Å²) in [5, 5.41) is 25.3. The van der Waals surface area contributed by atoms with Crippen LogP contribution < -0.4 is 5.32 Å². The number of nitro benzene ring substituents is 1. The first-order valence-corrected chi connectivity index (χ1v) is 6.52. The molecule has 0 aliphatic heterocycles. The Morgan fingerprint density at radius 2 is 2.30 bits per heavy atom. The van der Waals surface area contributed by atoms with E-state index in [0.717, 1.165) is 10.7 Å². The maximum absolute atomic E-state index is 11.1. The number of nitrogens with zero attached hydrogens (tertiary/aromatic N) is 2. The first kappa shape index (κ1) is 13.9. The molecule has 2 N–H and O–H groups in total. The van der Waals surface area contributed by atoms with E-state index in [9.17, 15) is 14.9 Å². The van der Waals surface area contributed by atoms with E-state index in [1.165, 1.54) is 29.5 Å². The van der Waals surface area contributed by atoms with Crippen LogP contribution in [0.15, 0.2) is 23.6 Å². The highest BCUT2D eigenvalue weighted by molar-refractivity contribution is 7.09. The van der Waals surface area contributed by atoms with Gasteiger partial charge in [-0.3, -0.25) is 10.1 Å². The Balaban J connectivity index is 2.25. The number of aryl methyl sites for hydroxylation is 1. The van der Waals surface area contributed by atoms with E-state index in [0.29, 0.717) is 6.54 Å². The van der Waals surface area contributed by atoms with Gasteiger partial charge in [-0.05, 0) is 13.0 Å². The molecule has 0 saturated heterocycles. The summed E-state index contributed by atoms with van der Waals surface area (Å²) in [6, 6.07) is 3.60. The van der Waals surface area contributed by atoms with E-state index in [4.69, 9.17) is 5.11 Å². The van der Waals surface area contributed by atoms with Crippen LogP contribution in [0.25, 0.3) is 0 Å². The summed E-state index contributed by atoms with van der Waals surface area (Å²) in [5.41, 5.74) is 0.917. The van der Waals surface area contributed by atoms with Gasteiger partial charge in [-0.25, -0.2) is 9.78 Å². The number of carbonyl (C=O) groups is 1. The standard InChI is InChI=1S/C12H11N3O4S/c1-7-6-20-11(14-7)5-13-10-4-8(15(18)19)2-3-9(10)12(16)17/h2-4,6,13H,5H2,1H3,(H,16,17). The van der Waals surface area contributed by atoms with E-state index in [1.807, 2.05) is 12.3 Å². The number of nitro groups is 1. The monoisotopic (exact) mass is 293 g/mol. The second-order valence-electron chi connectivity index (χ2n) is 4.03. The Morgan fingerprint density at radius 1 is 1.55 bits per heavy atom. The van der Waals surface area contributed by atoms with Gasteiger partial charge in [-0.15, -0.1) is 11.3 Å². The van der Waals surface area contributed by atoms with Gasteiger partial charge in [0, 0.05) is 23.2 Å². The second kappa shape index (κ2) is 5.66. The number of aromatic nitrogens is 1. The van der Waals surface area contributed by atoms with Crippen LogP contribution in [0.1, 0.15) is 21.1 Å². The number of rotatable bonds is 5. The Bertz CT molecular complexity index is 668. The smallest absolute Gasteiger partial charge is 0.337 e. The Morgan fingerprint density at radius 3 is 2.85 bits per heavy atom. The van der Waals surface area contributed by atoms with Crippen molar-refractivity contribution >= 4 is 28.7 Å². The highest BCUT2D eigenvalue weighted by Crippen LogP contribution is 2.23. The van der Waals surface area contributed by atoms with Crippen molar-refractivity contribution in [2.45, 2.75) is 13.5 Å². The fraction of sp³-hybridized carbons (Fsp3) is 0.167. The number of hydrogen-bond acceptors (Lipinski definition) is 6. The second-order valence-corrected chi connectivity index (χ2v) is 4.97. The number of carboxylic acid groups (broad SMARTS) is 1. The van der Waals surface area contributed by atoms with Crippen molar-refractivity contribution in [1.29, 1.82) is 0 Å². The molecule has 20 heavy (non-hydrogen) atoms. The third kappa shape index (κ3) is 3.09. The molecule has 0 atom stereocenters. The summed E-state index contributed by atoms with van der Waals surface area (Å²) in [6.07, 6.45) is 0. The van der Waals surface area contributed by atoms with Gasteiger partial charge >= 0.3 is 5.97 Å². The quantitative estimate of drug-likeness (QED) is 0.648. The Hall–Kier alpha value is -2.48. The van der Waals surface area contributed by atoms with Crippen molar-refractivity contribution in [2.24, 2.45) is 0 Å². The van der Waals surface area contributed by atoms with Crippen LogP contribution in [0.3, 0.4) is 0 Å². The molecule has 0 bridgehead atoms. The van der Waals surface area contributed by atoms with Crippen LogP contribution in [-0.2, 0) is 6.54 Å². The minimum absolute atomic E-state index is 0.0103. The normalized spacial score (nSPS) is 10.2. The van der Waals surface area contributed by atoms with Crippen LogP contribution in [0.5, 0.6) is 0 Å². The molecule has 0 spiro atoms. The van der Waals surface area contributed by atoms with Crippen LogP contribution in [0.4, 0.5) is 11.4 Å². The van der Waals surface area contributed by atoms with E-state index in [2.05, 4.69) is 10.3 Å². The molecule has 2 rings (SSSR count). The van der Waals surface area contributed by atoms with Crippen LogP contribution in [0.2, 0.25) is 0 Å².